The van der Waals surface area contributed by atoms with Crippen molar-refractivity contribution in [2.24, 2.45) is 0 Å². The molecule has 0 amide bonds. The van der Waals surface area contributed by atoms with Crippen LogP contribution in [-0.2, 0) is 18.9 Å². The molecule has 0 aromatic carbocycles. The lowest BCUT2D eigenvalue weighted by molar-refractivity contribution is -0.476. The van der Waals surface area contributed by atoms with Crippen LogP contribution >= 0.6 is 15.8 Å². The van der Waals surface area contributed by atoms with Gasteiger partial charge in [0, 0.05) is 12.8 Å². The third-order valence-corrected chi connectivity index (χ3v) is 20.5. The summed E-state index contributed by atoms with van der Waals surface area (Å²) in [5.74, 6) is -1.38. The second-order valence-corrected chi connectivity index (χ2v) is 21.7. The summed E-state index contributed by atoms with van der Waals surface area (Å²) in [5.41, 5.74) is 3.81. The summed E-state index contributed by atoms with van der Waals surface area (Å²) < 4.78 is 29.0. The molecule has 0 radical (unpaired) electrons. The summed E-state index contributed by atoms with van der Waals surface area (Å²) in [6.45, 7) is 1.59. The molecule has 6 heteroatoms. The predicted octanol–water partition coefficient (Wildman–Crippen LogP) is 10.9. The van der Waals surface area contributed by atoms with E-state index in [1.165, 1.54) is 154 Å². The Morgan fingerprint density at radius 2 is 0.705 bits per heavy atom. The molecular formula is C38H66O4P2. The number of ether oxygens (including phenoxy) is 4. The van der Waals surface area contributed by atoms with Crippen LogP contribution in [0.15, 0.2) is 0 Å². The molecule has 3 saturated heterocycles. The van der Waals surface area contributed by atoms with Crippen LogP contribution in [0.2, 0.25) is 0 Å². The summed E-state index contributed by atoms with van der Waals surface area (Å²) in [5, 5.41) is 0. The molecule has 7 aliphatic rings. The highest BCUT2D eigenvalue weighted by Crippen LogP contribution is 2.61. The van der Waals surface area contributed by atoms with E-state index in [2.05, 4.69) is 0 Å². The van der Waals surface area contributed by atoms with E-state index in [-0.39, 0.29) is 28.1 Å². The van der Waals surface area contributed by atoms with Gasteiger partial charge in [-0.25, -0.2) is 0 Å². The summed E-state index contributed by atoms with van der Waals surface area (Å²) in [7, 11) is -0.123. The zero-order chi connectivity index (χ0) is 29.7. The minimum absolute atomic E-state index is 0.0613. The SMILES string of the molecule is C1CCC(P(CC2OC3(CCCCO3)[C@@]3(CCCCO3)O[C@H]2CP(C2CCCCC2)C2CCCCC2)C2CCCCC2)CC1. The maximum atomic E-state index is 7.66. The molecule has 7 fully saturated rings. The van der Waals surface area contributed by atoms with E-state index in [0.29, 0.717) is 0 Å². The van der Waals surface area contributed by atoms with E-state index in [4.69, 9.17) is 18.9 Å². The van der Waals surface area contributed by atoms with Crippen molar-refractivity contribution >= 4 is 15.8 Å². The number of hydrogen-bond acceptors (Lipinski definition) is 4. The molecule has 2 unspecified atom stereocenters. The molecule has 4 atom stereocenters. The quantitative estimate of drug-likeness (QED) is 0.246. The van der Waals surface area contributed by atoms with Crippen LogP contribution in [-0.4, -0.2) is 72.0 Å². The number of hydrogen-bond donors (Lipinski definition) is 0. The standard InChI is InChI=1S/C38H66O4P2/c1-5-17-31(18-6-1)43(32-19-7-2-8-20-32)29-35-36(30-44(33-21-9-3-10-22-33)34-23-11-4-12-24-34)42-38(26-14-16-28-40-38)37(41-35)25-13-15-27-39-37/h31-36H,1-30H2/t35-,36?,37+,38?/m0/s1. The molecule has 0 aromatic rings. The fourth-order valence-corrected chi connectivity index (χ4v) is 18.7. The fourth-order valence-electron chi connectivity index (χ4n) is 10.7. The van der Waals surface area contributed by atoms with E-state index in [9.17, 15) is 0 Å². The van der Waals surface area contributed by atoms with Gasteiger partial charge in [0.15, 0.2) is 0 Å². The maximum Gasteiger partial charge on any atom is 0.224 e. The van der Waals surface area contributed by atoms with E-state index in [0.717, 1.165) is 61.5 Å². The highest BCUT2D eigenvalue weighted by atomic mass is 31.1. The second-order valence-electron chi connectivity index (χ2n) is 16.0. The first kappa shape index (κ1) is 33.2. The fraction of sp³-hybridized carbons (Fsp3) is 1.00. The van der Waals surface area contributed by atoms with Gasteiger partial charge < -0.3 is 18.9 Å². The van der Waals surface area contributed by atoms with Crippen LogP contribution < -0.4 is 0 Å². The van der Waals surface area contributed by atoms with E-state index in [1.54, 1.807) is 0 Å². The minimum Gasteiger partial charge on any atom is -0.345 e. The first-order valence-corrected chi connectivity index (χ1v) is 23.2. The first-order valence-electron chi connectivity index (χ1n) is 19.9. The molecule has 7 rings (SSSR count). The number of fused-ring (bicyclic) bond motifs is 1. The van der Waals surface area contributed by atoms with Gasteiger partial charge in [-0.1, -0.05) is 92.9 Å². The van der Waals surface area contributed by atoms with E-state index < -0.39 is 11.6 Å². The van der Waals surface area contributed by atoms with Crippen molar-refractivity contribution in [2.45, 2.75) is 213 Å². The molecule has 0 bridgehead atoms. The van der Waals surface area contributed by atoms with Gasteiger partial charge in [0.25, 0.3) is 0 Å². The van der Waals surface area contributed by atoms with Crippen LogP contribution in [0.3, 0.4) is 0 Å². The van der Waals surface area contributed by atoms with Gasteiger partial charge >= 0.3 is 0 Å². The van der Waals surface area contributed by atoms with Crippen molar-refractivity contribution in [2.75, 3.05) is 25.5 Å². The molecule has 4 aliphatic carbocycles. The third-order valence-electron chi connectivity index (χ3n) is 13.1. The van der Waals surface area contributed by atoms with Gasteiger partial charge in [0.1, 0.15) is 0 Å². The highest BCUT2D eigenvalue weighted by molar-refractivity contribution is 7.59. The van der Waals surface area contributed by atoms with Gasteiger partial charge in [-0.3, -0.25) is 0 Å². The second kappa shape index (κ2) is 15.9. The predicted molar refractivity (Wildman–Crippen MR) is 186 cm³/mol. The Balaban J connectivity index is 1.21. The van der Waals surface area contributed by atoms with Gasteiger partial charge in [-0.15, -0.1) is 0 Å². The Kier molecular flexibility index (Phi) is 12.0. The normalized spacial score (nSPS) is 37.8. The van der Waals surface area contributed by atoms with Crippen LogP contribution in [0.5, 0.6) is 0 Å². The Hall–Kier alpha value is 0.700. The van der Waals surface area contributed by atoms with Crippen molar-refractivity contribution in [1.82, 2.24) is 0 Å². The van der Waals surface area contributed by atoms with Gasteiger partial charge in [0.2, 0.25) is 11.6 Å². The van der Waals surface area contributed by atoms with Crippen LogP contribution in [0.1, 0.15) is 167 Å². The number of rotatable bonds is 8. The largest absolute Gasteiger partial charge is 0.345 e. The van der Waals surface area contributed by atoms with Crippen LogP contribution in [0, 0.1) is 0 Å². The lowest BCUT2D eigenvalue weighted by Gasteiger charge is -2.59. The zero-order valence-corrected chi connectivity index (χ0v) is 30.0. The molecular weight excluding hydrogens is 582 g/mol. The molecule has 3 aliphatic heterocycles. The third kappa shape index (κ3) is 7.47. The topological polar surface area (TPSA) is 36.9 Å². The van der Waals surface area contributed by atoms with E-state index in [1.807, 2.05) is 0 Å². The molecule has 4 saturated carbocycles. The zero-order valence-electron chi connectivity index (χ0n) is 28.2. The molecule has 0 aromatic heterocycles. The van der Waals surface area contributed by atoms with E-state index >= 15 is 0 Å². The molecule has 0 N–H and O–H groups in total. The first-order chi connectivity index (χ1) is 21.8. The van der Waals surface area contributed by atoms with Gasteiger partial charge in [-0.05, 0) is 112 Å². The Labute approximate surface area is 273 Å². The monoisotopic (exact) mass is 648 g/mol. The molecule has 2 spiro atoms. The van der Waals surface area contributed by atoms with Crippen LogP contribution in [0.4, 0.5) is 0 Å². The molecule has 4 nitrogen and oxygen atoms in total. The summed E-state index contributed by atoms with van der Waals surface area (Å²) in [4.78, 5) is 0. The summed E-state index contributed by atoms with van der Waals surface area (Å²) in [6, 6.07) is 0. The molecule has 252 valence electrons. The van der Waals surface area contributed by atoms with Crippen molar-refractivity contribution in [3.05, 3.63) is 0 Å². The Morgan fingerprint density at radius 1 is 0.386 bits per heavy atom. The Bertz CT molecular complexity index is 743. The molecule has 44 heavy (non-hydrogen) atoms. The van der Waals surface area contributed by atoms with Crippen LogP contribution in [0.25, 0.3) is 0 Å². The average Bonchev–Trinajstić information content (AvgIpc) is 3.10. The summed E-state index contributed by atoms with van der Waals surface area (Å²) >= 11 is 0. The Morgan fingerprint density at radius 3 is 0.977 bits per heavy atom. The van der Waals surface area contributed by atoms with Gasteiger partial charge in [0.05, 0.1) is 25.4 Å². The molecule has 3 heterocycles. The smallest absolute Gasteiger partial charge is 0.224 e. The minimum atomic E-state index is -0.689. The van der Waals surface area contributed by atoms with Crippen molar-refractivity contribution in [1.29, 1.82) is 0 Å². The maximum absolute atomic E-state index is 7.66. The lowest BCUT2D eigenvalue weighted by atomic mass is 9.88. The highest BCUT2D eigenvalue weighted by Gasteiger charge is 2.64. The van der Waals surface area contributed by atoms with Crippen molar-refractivity contribution < 1.29 is 18.9 Å². The summed E-state index contributed by atoms with van der Waals surface area (Å²) in [6.07, 6.45) is 38.8. The van der Waals surface area contributed by atoms with Crippen molar-refractivity contribution in [3.8, 4) is 0 Å². The average molecular weight is 649 g/mol. The lowest BCUT2D eigenvalue weighted by Crippen LogP contribution is -2.70. The van der Waals surface area contributed by atoms with Crippen molar-refractivity contribution in [3.63, 3.8) is 0 Å². The van der Waals surface area contributed by atoms with Gasteiger partial charge in [-0.2, -0.15) is 0 Å².